The van der Waals surface area contributed by atoms with Crippen LogP contribution >= 0.6 is 11.6 Å². The molecule has 1 aliphatic rings. The van der Waals surface area contributed by atoms with Gasteiger partial charge in [0.25, 0.3) is 0 Å². The molecule has 2 N–H and O–H groups in total. The fraction of sp³-hybridized carbons (Fsp3) is 0.385. The van der Waals surface area contributed by atoms with Gasteiger partial charge in [0.05, 0.1) is 0 Å². The predicted molar refractivity (Wildman–Crippen MR) is 65.8 cm³/mol. The summed E-state index contributed by atoms with van der Waals surface area (Å²) in [5.74, 6) is -0.257. The Labute approximate surface area is 100 Å². The average molecular weight is 240 g/mol. The van der Waals surface area contributed by atoms with Crippen LogP contribution in [-0.2, 0) is 0 Å². The first-order valence-electron chi connectivity index (χ1n) is 5.58. The summed E-state index contributed by atoms with van der Waals surface area (Å²) in [5.41, 5.74) is 7.57. The standard InChI is InChI=1S/C13H15ClFN/c14-10-5-6-12(13(15)8-10)9-3-1-2-4-11(16)7-9/h5-8,11H,1-4,16H2. The van der Waals surface area contributed by atoms with Gasteiger partial charge in [-0.1, -0.05) is 30.2 Å². The number of hydrogen-bond donors (Lipinski definition) is 1. The summed E-state index contributed by atoms with van der Waals surface area (Å²) in [6, 6.07) is 4.86. The summed E-state index contributed by atoms with van der Waals surface area (Å²) in [5, 5.41) is 0.430. The van der Waals surface area contributed by atoms with Crippen LogP contribution in [0.5, 0.6) is 0 Å². The number of nitrogens with two attached hydrogens (primary N) is 1. The molecule has 3 heteroatoms. The van der Waals surface area contributed by atoms with E-state index in [-0.39, 0.29) is 11.9 Å². The molecule has 1 atom stereocenters. The second-order valence-electron chi connectivity index (χ2n) is 4.23. The van der Waals surface area contributed by atoms with E-state index in [0.29, 0.717) is 10.6 Å². The number of halogens is 2. The smallest absolute Gasteiger partial charge is 0.132 e. The molecule has 0 radical (unpaired) electrons. The molecule has 0 saturated heterocycles. The molecule has 0 aromatic heterocycles. The highest BCUT2D eigenvalue weighted by atomic mass is 35.5. The van der Waals surface area contributed by atoms with Crippen LogP contribution in [0.15, 0.2) is 24.3 Å². The zero-order valence-corrected chi connectivity index (χ0v) is 9.80. The van der Waals surface area contributed by atoms with Crippen LogP contribution in [0.4, 0.5) is 4.39 Å². The maximum absolute atomic E-state index is 13.7. The predicted octanol–water partition coefficient (Wildman–Crippen LogP) is 3.76. The van der Waals surface area contributed by atoms with Gasteiger partial charge in [-0.05, 0) is 37.0 Å². The highest BCUT2D eigenvalue weighted by Gasteiger charge is 2.13. The first-order valence-corrected chi connectivity index (χ1v) is 5.96. The fourth-order valence-electron chi connectivity index (χ4n) is 2.09. The van der Waals surface area contributed by atoms with Crippen molar-refractivity contribution in [1.82, 2.24) is 0 Å². The van der Waals surface area contributed by atoms with E-state index >= 15 is 0 Å². The number of hydrogen-bond acceptors (Lipinski definition) is 1. The van der Waals surface area contributed by atoms with Gasteiger partial charge in [-0.25, -0.2) is 4.39 Å². The Hall–Kier alpha value is -0.860. The molecule has 0 heterocycles. The first kappa shape index (κ1) is 11.6. The number of allylic oxidation sites excluding steroid dienone is 1. The van der Waals surface area contributed by atoms with Crippen molar-refractivity contribution in [3.63, 3.8) is 0 Å². The molecule has 1 aromatic rings. The zero-order chi connectivity index (χ0) is 11.5. The molecule has 1 nitrogen and oxygen atoms in total. The molecule has 0 aliphatic heterocycles. The van der Waals surface area contributed by atoms with E-state index in [1.54, 1.807) is 12.1 Å². The second kappa shape index (κ2) is 4.98. The van der Waals surface area contributed by atoms with E-state index in [9.17, 15) is 4.39 Å². The van der Waals surface area contributed by atoms with Crippen molar-refractivity contribution in [3.8, 4) is 0 Å². The van der Waals surface area contributed by atoms with E-state index in [1.807, 2.05) is 6.08 Å². The fourth-order valence-corrected chi connectivity index (χ4v) is 2.25. The van der Waals surface area contributed by atoms with Gasteiger partial charge in [-0.2, -0.15) is 0 Å². The minimum Gasteiger partial charge on any atom is -0.324 e. The number of rotatable bonds is 1. The lowest BCUT2D eigenvalue weighted by Gasteiger charge is -2.08. The monoisotopic (exact) mass is 239 g/mol. The Morgan fingerprint density at radius 3 is 2.88 bits per heavy atom. The molecule has 0 fully saturated rings. The lowest BCUT2D eigenvalue weighted by molar-refractivity contribution is 0.622. The topological polar surface area (TPSA) is 26.0 Å². The third-order valence-electron chi connectivity index (χ3n) is 2.93. The summed E-state index contributed by atoms with van der Waals surface area (Å²) in [6.45, 7) is 0. The van der Waals surface area contributed by atoms with Crippen LogP contribution in [-0.4, -0.2) is 6.04 Å². The first-order chi connectivity index (χ1) is 7.66. The van der Waals surface area contributed by atoms with Crippen LogP contribution in [0, 0.1) is 5.82 Å². The Morgan fingerprint density at radius 1 is 1.31 bits per heavy atom. The SMILES string of the molecule is NC1C=C(c2ccc(Cl)cc2F)CCCC1. The van der Waals surface area contributed by atoms with Gasteiger partial charge in [0, 0.05) is 16.6 Å². The molecule has 0 spiro atoms. The molecule has 16 heavy (non-hydrogen) atoms. The van der Waals surface area contributed by atoms with Crippen LogP contribution < -0.4 is 5.73 Å². The lowest BCUT2D eigenvalue weighted by atomic mass is 10.0. The molecular weight excluding hydrogens is 225 g/mol. The molecule has 1 aliphatic carbocycles. The van der Waals surface area contributed by atoms with Crippen molar-refractivity contribution in [1.29, 1.82) is 0 Å². The second-order valence-corrected chi connectivity index (χ2v) is 4.66. The summed E-state index contributed by atoms with van der Waals surface area (Å²) in [7, 11) is 0. The summed E-state index contributed by atoms with van der Waals surface area (Å²) in [4.78, 5) is 0. The van der Waals surface area contributed by atoms with Crippen LogP contribution in [0.1, 0.15) is 31.2 Å². The molecule has 0 amide bonds. The van der Waals surface area contributed by atoms with E-state index in [1.165, 1.54) is 6.07 Å². The van der Waals surface area contributed by atoms with E-state index in [4.69, 9.17) is 17.3 Å². The largest absolute Gasteiger partial charge is 0.324 e. The molecule has 0 saturated carbocycles. The molecular formula is C13H15ClFN. The maximum atomic E-state index is 13.7. The average Bonchev–Trinajstić information content (AvgIpc) is 2.43. The molecule has 2 rings (SSSR count). The number of benzene rings is 1. The quantitative estimate of drug-likeness (QED) is 0.793. The summed E-state index contributed by atoms with van der Waals surface area (Å²) in [6.07, 6.45) is 6.04. The highest BCUT2D eigenvalue weighted by molar-refractivity contribution is 6.30. The molecule has 0 bridgehead atoms. The maximum Gasteiger partial charge on any atom is 0.132 e. The van der Waals surface area contributed by atoms with Crippen molar-refractivity contribution in [3.05, 3.63) is 40.7 Å². The third-order valence-corrected chi connectivity index (χ3v) is 3.16. The van der Waals surface area contributed by atoms with Gasteiger partial charge in [0.2, 0.25) is 0 Å². The molecule has 86 valence electrons. The Bertz CT molecular complexity index is 414. The Kier molecular flexibility index (Phi) is 3.62. The van der Waals surface area contributed by atoms with Crippen molar-refractivity contribution >= 4 is 17.2 Å². The minimum atomic E-state index is -0.257. The van der Waals surface area contributed by atoms with Crippen molar-refractivity contribution < 1.29 is 4.39 Å². The van der Waals surface area contributed by atoms with Crippen LogP contribution in [0.2, 0.25) is 5.02 Å². The highest BCUT2D eigenvalue weighted by Crippen LogP contribution is 2.28. The van der Waals surface area contributed by atoms with Gasteiger partial charge < -0.3 is 5.73 Å². The van der Waals surface area contributed by atoms with Crippen molar-refractivity contribution in [2.24, 2.45) is 5.73 Å². The zero-order valence-electron chi connectivity index (χ0n) is 9.05. The van der Waals surface area contributed by atoms with Gasteiger partial charge in [0.15, 0.2) is 0 Å². The normalized spacial score (nSPS) is 21.4. The third kappa shape index (κ3) is 2.63. The summed E-state index contributed by atoms with van der Waals surface area (Å²) < 4.78 is 13.7. The molecule has 1 aromatic carbocycles. The van der Waals surface area contributed by atoms with Crippen molar-refractivity contribution in [2.75, 3.05) is 0 Å². The van der Waals surface area contributed by atoms with Gasteiger partial charge in [-0.3, -0.25) is 0 Å². The Morgan fingerprint density at radius 2 is 2.12 bits per heavy atom. The van der Waals surface area contributed by atoms with E-state index < -0.39 is 0 Å². The van der Waals surface area contributed by atoms with Crippen LogP contribution in [0.25, 0.3) is 5.57 Å². The summed E-state index contributed by atoms with van der Waals surface area (Å²) >= 11 is 5.73. The van der Waals surface area contributed by atoms with Crippen molar-refractivity contribution in [2.45, 2.75) is 31.7 Å². The Balaban J connectivity index is 2.35. The van der Waals surface area contributed by atoms with Gasteiger partial charge >= 0.3 is 0 Å². The minimum absolute atomic E-state index is 0.0487. The van der Waals surface area contributed by atoms with E-state index in [0.717, 1.165) is 31.3 Å². The van der Waals surface area contributed by atoms with E-state index in [2.05, 4.69) is 0 Å². The lowest BCUT2D eigenvalue weighted by Crippen LogP contribution is -2.15. The van der Waals surface area contributed by atoms with Gasteiger partial charge in [0.1, 0.15) is 5.82 Å². The van der Waals surface area contributed by atoms with Gasteiger partial charge in [-0.15, -0.1) is 0 Å². The molecule has 1 unspecified atom stereocenters. The van der Waals surface area contributed by atoms with Crippen LogP contribution in [0.3, 0.4) is 0 Å².